The number of carbonyl (C=O) groups is 2. The maximum Gasteiger partial charge on any atom is 0.242 e. The van der Waals surface area contributed by atoms with E-state index >= 15 is 0 Å². The van der Waals surface area contributed by atoms with Gasteiger partial charge >= 0.3 is 0 Å². The van der Waals surface area contributed by atoms with Gasteiger partial charge in [0.05, 0.1) is 12.7 Å². The number of carbonyl (C=O) groups excluding carboxylic acids is 2. The second-order valence-electron chi connectivity index (χ2n) is 5.63. The van der Waals surface area contributed by atoms with Crippen LogP contribution in [0.2, 0.25) is 0 Å². The van der Waals surface area contributed by atoms with Crippen LogP contribution in [-0.2, 0) is 16.0 Å². The first-order valence-corrected chi connectivity index (χ1v) is 7.11. The summed E-state index contributed by atoms with van der Waals surface area (Å²) in [6, 6.07) is 3.98. The van der Waals surface area contributed by atoms with Crippen molar-refractivity contribution in [2.24, 2.45) is 5.92 Å². The molecule has 1 aromatic carbocycles. The van der Waals surface area contributed by atoms with E-state index in [0.29, 0.717) is 0 Å². The summed E-state index contributed by atoms with van der Waals surface area (Å²) in [6.07, 6.45) is 3.61. The summed E-state index contributed by atoms with van der Waals surface area (Å²) in [6.45, 7) is 4.03. The minimum Gasteiger partial charge on any atom is -0.464 e. The maximum absolute atomic E-state index is 11.9. The summed E-state index contributed by atoms with van der Waals surface area (Å²) in [5, 5.41) is 0.946. The molecule has 2 amide bonds. The quantitative estimate of drug-likeness (QED) is 0.849. The Morgan fingerprint density at radius 2 is 2.00 bits per heavy atom. The van der Waals surface area contributed by atoms with Gasteiger partial charge < -0.3 is 4.42 Å². The smallest absolute Gasteiger partial charge is 0.242 e. The second kappa shape index (κ2) is 5.24. The highest BCUT2D eigenvalue weighted by molar-refractivity contribution is 5.90. The predicted octanol–water partition coefficient (Wildman–Crippen LogP) is 2.15. The summed E-state index contributed by atoms with van der Waals surface area (Å²) in [5.41, 5.74) is 8.79. The molecule has 0 saturated heterocycles. The minimum absolute atomic E-state index is 0.0747. The zero-order valence-corrected chi connectivity index (χ0v) is 12.2. The van der Waals surface area contributed by atoms with E-state index in [1.54, 1.807) is 6.26 Å². The Hall–Kier alpha value is -2.30. The molecule has 1 heterocycles. The van der Waals surface area contributed by atoms with Gasteiger partial charge in [0.1, 0.15) is 5.58 Å². The largest absolute Gasteiger partial charge is 0.464 e. The van der Waals surface area contributed by atoms with Crippen LogP contribution in [0.5, 0.6) is 0 Å². The Morgan fingerprint density at radius 3 is 2.71 bits per heavy atom. The van der Waals surface area contributed by atoms with Crippen molar-refractivity contribution >= 4 is 22.8 Å². The van der Waals surface area contributed by atoms with Gasteiger partial charge in [-0.25, -0.2) is 0 Å². The summed E-state index contributed by atoms with van der Waals surface area (Å²) >= 11 is 0. The average Bonchev–Trinajstić information content (AvgIpc) is 3.23. The van der Waals surface area contributed by atoms with Gasteiger partial charge in [0.2, 0.25) is 11.8 Å². The molecule has 1 saturated carbocycles. The fraction of sp³-hybridized carbons (Fsp3) is 0.375. The van der Waals surface area contributed by atoms with Crippen LogP contribution in [0.15, 0.2) is 22.8 Å². The summed E-state index contributed by atoms with van der Waals surface area (Å²) in [4.78, 5) is 23.3. The van der Waals surface area contributed by atoms with Crippen molar-refractivity contribution < 1.29 is 14.0 Å². The van der Waals surface area contributed by atoms with E-state index in [1.807, 2.05) is 26.0 Å². The first-order valence-electron chi connectivity index (χ1n) is 7.11. The normalized spacial score (nSPS) is 14.2. The molecule has 5 nitrogen and oxygen atoms in total. The number of aryl methyl sites for hydroxylation is 2. The number of hydrazine groups is 1. The lowest BCUT2D eigenvalue weighted by Gasteiger charge is -2.06. The van der Waals surface area contributed by atoms with Crippen molar-refractivity contribution in [3.8, 4) is 0 Å². The van der Waals surface area contributed by atoms with Gasteiger partial charge in [-0.05, 0) is 37.8 Å². The van der Waals surface area contributed by atoms with Crippen molar-refractivity contribution in [3.05, 3.63) is 35.1 Å². The van der Waals surface area contributed by atoms with E-state index in [4.69, 9.17) is 4.42 Å². The summed E-state index contributed by atoms with van der Waals surface area (Å²) < 4.78 is 5.57. The number of rotatable bonds is 3. The third-order valence-electron chi connectivity index (χ3n) is 3.97. The Kier molecular flexibility index (Phi) is 3.41. The first-order chi connectivity index (χ1) is 10.1. The molecule has 0 aliphatic heterocycles. The third-order valence-corrected chi connectivity index (χ3v) is 3.97. The van der Waals surface area contributed by atoms with Crippen LogP contribution in [0, 0.1) is 19.8 Å². The highest BCUT2D eigenvalue weighted by Gasteiger charge is 2.29. The highest BCUT2D eigenvalue weighted by Crippen LogP contribution is 2.28. The molecule has 0 unspecified atom stereocenters. The molecule has 110 valence electrons. The van der Waals surface area contributed by atoms with Crippen molar-refractivity contribution in [2.45, 2.75) is 33.1 Å². The monoisotopic (exact) mass is 286 g/mol. The zero-order valence-electron chi connectivity index (χ0n) is 12.2. The number of hydrogen-bond acceptors (Lipinski definition) is 3. The molecule has 0 bridgehead atoms. The summed E-state index contributed by atoms with van der Waals surface area (Å²) in [5.74, 6) is -0.275. The molecule has 1 fully saturated rings. The van der Waals surface area contributed by atoms with Gasteiger partial charge in [0.25, 0.3) is 0 Å². The number of amides is 2. The van der Waals surface area contributed by atoms with Gasteiger partial charge in [-0.3, -0.25) is 20.4 Å². The predicted molar refractivity (Wildman–Crippen MR) is 78.4 cm³/mol. The minimum atomic E-state index is -0.245. The lowest BCUT2D eigenvalue weighted by molar-refractivity contribution is -0.129. The van der Waals surface area contributed by atoms with E-state index in [9.17, 15) is 9.59 Å². The summed E-state index contributed by atoms with van der Waals surface area (Å²) in [7, 11) is 0. The van der Waals surface area contributed by atoms with E-state index in [1.165, 1.54) is 0 Å². The van der Waals surface area contributed by atoms with E-state index in [0.717, 1.165) is 40.5 Å². The van der Waals surface area contributed by atoms with Gasteiger partial charge in [-0.2, -0.15) is 0 Å². The van der Waals surface area contributed by atoms with Gasteiger partial charge in [-0.1, -0.05) is 12.1 Å². The molecule has 5 heteroatoms. The molecule has 21 heavy (non-hydrogen) atoms. The van der Waals surface area contributed by atoms with Gasteiger partial charge in [0, 0.05) is 16.9 Å². The Balaban J connectivity index is 1.68. The van der Waals surface area contributed by atoms with Crippen LogP contribution >= 0.6 is 0 Å². The zero-order chi connectivity index (χ0) is 15.0. The fourth-order valence-electron chi connectivity index (χ4n) is 2.32. The number of fused-ring (bicyclic) bond motifs is 1. The molecule has 0 radical (unpaired) electrons. The van der Waals surface area contributed by atoms with Crippen LogP contribution in [0.4, 0.5) is 0 Å². The maximum atomic E-state index is 11.9. The van der Waals surface area contributed by atoms with Crippen LogP contribution in [0.3, 0.4) is 0 Å². The average molecular weight is 286 g/mol. The first kappa shape index (κ1) is 13.7. The van der Waals surface area contributed by atoms with Crippen molar-refractivity contribution in [2.75, 3.05) is 0 Å². The second-order valence-corrected chi connectivity index (χ2v) is 5.63. The topological polar surface area (TPSA) is 71.3 Å². The Labute approximate surface area is 122 Å². The lowest BCUT2D eigenvalue weighted by Crippen LogP contribution is -2.43. The molecule has 2 N–H and O–H groups in total. The Bertz CT molecular complexity index is 714. The van der Waals surface area contributed by atoms with Crippen molar-refractivity contribution in [1.29, 1.82) is 0 Å². The molecule has 0 atom stereocenters. The highest BCUT2D eigenvalue weighted by atomic mass is 16.3. The number of hydrogen-bond donors (Lipinski definition) is 2. The van der Waals surface area contributed by atoms with Crippen LogP contribution in [-0.4, -0.2) is 11.8 Å². The lowest BCUT2D eigenvalue weighted by atomic mass is 10.0. The molecule has 3 rings (SSSR count). The van der Waals surface area contributed by atoms with Crippen LogP contribution in [0.1, 0.15) is 29.5 Å². The number of furan rings is 1. The van der Waals surface area contributed by atoms with E-state index in [2.05, 4.69) is 10.9 Å². The number of nitrogens with one attached hydrogen (secondary N) is 2. The van der Waals surface area contributed by atoms with Crippen molar-refractivity contribution in [3.63, 3.8) is 0 Å². The van der Waals surface area contributed by atoms with Crippen LogP contribution in [0.25, 0.3) is 11.0 Å². The standard InChI is InChI=1S/C16H18N2O3/c1-9-3-6-13-12(8-21-15(13)10(9)2)7-14(19)17-18-16(20)11-4-5-11/h3,6,8,11H,4-5,7H2,1-2H3,(H,17,19)(H,18,20). The molecule has 1 aliphatic carbocycles. The molecular formula is C16H18N2O3. The SMILES string of the molecule is Cc1ccc2c(CC(=O)NNC(=O)C3CC3)coc2c1C. The molecule has 0 spiro atoms. The van der Waals surface area contributed by atoms with Gasteiger partial charge in [-0.15, -0.1) is 0 Å². The van der Waals surface area contributed by atoms with E-state index < -0.39 is 0 Å². The van der Waals surface area contributed by atoms with Crippen LogP contribution < -0.4 is 10.9 Å². The number of benzene rings is 1. The fourth-order valence-corrected chi connectivity index (χ4v) is 2.32. The molecular weight excluding hydrogens is 268 g/mol. The van der Waals surface area contributed by atoms with Crippen molar-refractivity contribution in [1.82, 2.24) is 10.9 Å². The molecule has 1 aromatic heterocycles. The van der Waals surface area contributed by atoms with E-state index in [-0.39, 0.29) is 24.2 Å². The molecule has 1 aliphatic rings. The molecule has 2 aromatic rings. The Morgan fingerprint density at radius 1 is 1.24 bits per heavy atom. The third kappa shape index (κ3) is 2.77. The van der Waals surface area contributed by atoms with Gasteiger partial charge in [0.15, 0.2) is 0 Å².